The lowest BCUT2D eigenvalue weighted by Crippen LogP contribution is -2.38. The Balaban J connectivity index is 1.31. The van der Waals surface area contributed by atoms with Gasteiger partial charge in [-0.1, -0.05) is 23.9 Å². The largest absolute Gasteiger partial charge is 0.454 e. The van der Waals surface area contributed by atoms with Crippen LogP contribution in [0.4, 0.5) is 10.3 Å². The smallest absolute Gasteiger partial charge is 0.233 e. The Morgan fingerprint density at radius 3 is 2.79 bits per heavy atom. The summed E-state index contributed by atoms with van der Waals surface area (Å²) in [6, 6.07) is 11.8. The number of hydrogen-bond acceptors (Lipinski definition) is 8. The second-order valence-corrected chi connectivity index (χ2v) is 9.17. The number of aromatic nitrogens is 3. The number of carbonyl (C=O) groups is 1. The van der Waals surface area contributed by atoms with Gasteiger partial charge in [-0.25, -0.2) is 4.39 Å². The molecule has 0 unspecified atom stereocenters. The fourth-order valence-corrected chi connectivity index (χ4v) is 4.63. The summed E-state index contributed by atoms with van der Waals surface area (Å²) in [7, 11) is 0. The predicted octanol–water partition coefficient (Wildman–Crippen LogP) is 2.77. The second kappa shape index (κ2) is 9.90. The lowest BCUT2D eigenvalue weighted by atomic mass is 10.2. The highest BCUT2D eigenvalue weighted by molar-refractivity contribution is 8.00. The molecule has 2 aliphatic rings. The number of anilines is 1. The SMILES string of the molecule is C[C@H](Sc1nnc(N2CCOCC2)n1-c1cccc(F)c1)C(=O)NCc1ccc2c(c1)OCO2. The minimum Gasteiger partial charge on any atom is -0.454 e. The highest BCUT2D eigenvalue weighted by Crippen LogP contribution is 2.33. The zero-order valence-corrected chi connectivity index (χ0v) is 19.4. The van der Waals surface area contributed by atoms with Gasteiger partial charge < -0.3 is 24.4 Å². The Morgan fingerprint density at radius 1 is 1.15 bits per heavy atom. The van der Waals surface area contributed by atoms with E-state index in [0.717, 1.165) is 5.56 Å². The summed E-state index contributed by atoms with van der Waals surface area (Å²) in [4.78, 5) is 14.9. The van der Waals surface area contributed by atoms with Crippen LogP contribution in [0.3, 0.4) is 0 Å². The van der Waals surface area contributed by atoms with E-state index < -0.39 is 5.25 Å². The van der Waals surface area contributed by atoms with Crippen LogP contribution in [0.1, 0.15) is 12.5 Å². The maximum absolute atomic E-state index is 14.0. The van der Waals surface area contributed by atoms with Crippen molar-refractivity contribution >= 4 is 23.6 Å². The molecule has 0 aliphatic carbocycles. The first-order chi connectivity index (χ1) is 16.6. The van der Waals surface area contributed by atoms with E-state index in [4.69, 9.17) is 14.2 Å². The molecule has 1 N–H and O–H groups in total. The molecule has 34 heavy (non-hydrogen) atoms. The maximum Gasteiger partial charge on any atom is 0.233 e. The van der Waals surface area contributed by atoms with Crippen LogP contribution in [-0.4, -0.2) is 59.0 Å². The normalized spacial score (nSPS) is 15.9. The van der Waals surface area contributed by atoms with Gasteiger partial charge in [-0.3, -0.25) is 9.36 Å². The van der Waals surface area contributed by atoms with E-state index in [1.807, 2.05) is 18.2 Å². The number of morpholine rings is 1. The summed E-state index contributed by atoms with van der Waals surface area (Å²) in [5, 5.41) is 11.7. The Kier molecular flexibility index (Phi) is 6.54. The molecule has 2 aliphatic heterocycles. The molecule has 3 heterocycles. The Hall–Kier alpha value is -3.31. The van der Waals surface area contributed by atoms with Crippen LogP contribution in [0.5, 0.6) is 11.5 Å². The van der Waals surface area contributed by atoms with Crippen LogP contribution in [0.15, 0.2) is 47.6 Å². The summed E-state index contributed by atoms with van der Waals surface area (Å²) >= 11 is 1.27. The third-order valence-electron chi connectivity index (χ3n) is 5.53. The summed E-state index contributed by atoms with van der Waals surface area (Å²) in [5.74, 6) is 1.47. The summed E-state index contributed by atoms with van der Waals surface area (Å²) in [5.41, 5.74) is 1.51. The molecule has 1 aromatic heterocycles. The van der Waals surface area contributed by atoms with E-state index in [9.17, 15) is 9.18 Å². The average Bonchev–Trinajstić information content (AvgIpc) is 3.49. The molecule has 2 aromatic carbocycles. The number of fused-ring (bicyclic) bond motifs is 1. The van der Waals surface area contributed by atoms with Gasteiger partial charge in [-0.15, -0.1) is 10.2 Å². The zero-order chi connectivity index (χ0) is 23.5. The Bertz CT molecular complexity index is 1180. The second-order valence-electron chi connectivity index (χ2n) is 7.86. The first-order valence-electron chi connectivity index (χ1n) is 11.0. The van der Waals surface area contributed by atoms with Crippen molar-refractivity contribution in [3.63, 3.8) is 0 Å². The summed E-state index contributed by atoms with van der Waals surface area (Å²) in [6.45, 7) is 4.84. The first kappa shape index (κ1) is 22.5. The van der Waals surface area contributed by atoms with Crippen molar-refractivity contribution in [1.82, 2.24) is 20.1 Å². The highest BCUT2D eigenvalue weighted by atomic mass is 32.2. The molecule has 1 atom stereocenters. The van der Waals surface area contributed by atoms with Crippen molar-refractivity contribution < 1.29 is 23.4 Å². The van der Waals surface area contributed by atoms with E-state index >= 15 is 0 Å². The molecule has 9 nitrogen and oxygen atoms in total. The summed E-state index contributed by atoms with van der Waals surface area (Å²) in [6.07, 6.45) is 0. The Morgan fingerprint density at radius 2 is 1.97 bits per heavy atom. The van der Waals surface area contributed by atoms with E-state index in [2.05, 4.69) is 20.4 Å². The van der Waals surface area contributed by atoms with Crippen LogP contribution in [0.2, 0.25) is 0 Å². The van der Waals surface area contributed by atoms with Crippen molar-refractivity contribution in [2.45, 2.75) is 23.9 Å². The molecule has 0 bridgehead atoms. The van der Waals surface area contributed by atoms with Gasteiger partial charge in [-0.2, -0.15) is 0 Å². The molecule has 1 saturated heterocycles. The fourth-order valence-electron chi connectivity index (χ4n) is 3.74. The molecule has 0 saturated carbocycles. The minimum absolute atomic E-state index is 0.149. The third kappa shape index (κ3) is 4.80. The standard InChI is InChI=1S/C23H24FN5O4S/c1-15(21(30)25-13-16-5-6-19-20(11-16)33-14-32-19)34-23-27-26-22(28-7-9-31-10-8-28)29(23)18-4-2-3-17(24)12-18/h2-6,11-12,15H,7-10,13-14H2,1H3,(H,25,30)/t15-/m0/s1. The van der Waals surface area contributed by atoms with Crippen molar-refractivity contribution in [2.75, 3.05) is 38.0 Å². The lowest BCUT2D eigenvalue weighted by Gasteiger charge is -2.28. The van der Waals surface area contributed by atoms with Gasteiger partial charge >= 0.3 is 0 Å². The molecule has 5 rings (SSSR count). The maximum atomic E-state index is 14.0. The molecule has 0 radical (unpaired) electrons. The Labute approximate surface area is 200 Å². The number of nitrogens with zero attached hydrogens (tertiary/aromatic N) is 4. The van der Waals surface area contributed by atoms with Gasteiger partial charge in [0.05, 0.1) is 24.2 Å². The molecule has 178 valence electrons. The number of thioether (sulfide) groups is 1. The van der Waals surface area contributed by atoms with Gasteiger partial charge in [0.2, 0.25) is 18.6 Å². The average molecular weight is 486 g/mol. The number of ether oxygens (including phenoxy) is 3. The van der Waals surface area contributed by atoms with Crippen LogP contribution in [-0.2, 0) is 16.1 Å². The molecule has 1 amide bonds. The highest BCUT2D eigenvalue weighted by Gasteiger charge is 2.25. The van der Waals surface area contributed by atoms with Gasteiger partial charge in [0.15, 0.2) is 16.7 Å². The zero-order valence-electron chi connectivity index (χ0n) is 18.6. The number of amides is 1. The monoisotopic (exact) mass is 485 g/mol. The predicted molar refractivity (Wildman–Crippen MR) is 124 cm³/mol. The number of carbonyl (C=O) groups excluding carboxylic acids is 1. The number of halogens is 1. The van der Waals surface area contributed by atoms with E-state index in [-0.39, 0.29) is 18.5 Å². The van der Waals surface area contributed by atoms with Gasteiger partial charge in [0, 0.05) is 19.6 Å². The molecule has 3 aromatic rings. The topological polar surface area (TPSA) is 90.7 Å². The number of nitrogens with one attached hydrogen (secondary N) is 1. The van der Waals surface area contributed by atoms with Crippen molar-refractivity contribution in [3.05, 3.63) is 53.8 Å². The van der Waals surface area contributed by atoms with Crippen LogP contribution < -0.4 is 19.7 Å². The van der Waals surface area contributed by atoms with Gasteiger partial charge in [0.1, 0.15) is 5.82 Å². The van der Waals surface area contributed by atoms with E-state index in [1.165, 1.54) is 23.9 Å². The lowest BCUT2D eigenvalue weighted by molar-refractivity contribution is -0.120. The van der Waals surface area contributed by atoms with Crippen LogP contribution in [0, 0.1) is 5.82 Å². The molecule has 1 fully saturated rings. The summed E-state index contributed by atoms with van der Waals surface area (Å²) < 4.78 is 32.0. The van der Waals surface area contributed by atoms with Crippen molar-refractivity contribution in [1.29, 1.82) is 0 Å². The molecule has 11 heteroatoms. The number of hydrogen-bond donors (Lipinski definition) is 1. The molecule has 0 spiro atoms. The van der Waals surface area contributed by atoms with Gasteiger partial charge in [0.25, 0.3) is 0 Å². The van der Waals surface area contributed by atoms with Crippen molar-refractivity contribution in [2.24, 2.45) is 0 Å². The molecular formula is C23H24FN5O4S. The molecular weight excluding hydrogens is 461 g/mol. The quantitative estimate of drug-likeness (QED) is 0.511. The van der Waals surface area contributed by atoms with E-state index in [1.54, 1.807) is 23.6 Å². The van der Waals surface area contributed by atoms with Gasteiger partial charge in [-0.05, 0) is 42.8 Å². The minimum atomic E-state index is -0.456. The third-order valence-corrected chi connectivity index (χ3v) is 6.57. The van der Waals surface area contributed by atoms with E-state index in [0.29, 0.717) is 61.1 Å². The van der Waals surface area contributed by atoms with Crippen LogP contribution >= 0.6 is 11.8 Å². The fraction of sp³-hybridized carbons (Fsp3) is 0.348. The number of rotatable bonds is 7. The first-order valence-corrected chi connectivity index (χ1v) is 11.8. The number of benzene rings is 2. The van der Waals surface area contributed by atoms with Crippen LogP contribution in [0.25, 0.3) is 5.69 Å². The van der Waals surface area contributed by atoms with Crippen molar-refractivity contribution in [3.8, 4) is 17.2 Å².